The van der Waals surface area contributed by atoms with E-state index >= 15 is 0 Å². The molecule has 1 unspecified atom stereocenters. The number of hydrogen-bond acceptors (Lipinski definition) is 2. The Balaban J connectivity index is 2.09. The topological polar surface area (TPSA) is 24.1 Å². The lowest BCUT2D eigenvalue weighted by atomic mass is 10.0. The number of nitrogens with one attached hydrogen (secondary N) is 2. The van der Waals surface area contributed by atoms with Gasteiger partial charge in [0.05, 0.1) is 6.04 Å². The fourth-order valence-corrected chi connectivity index (χ4v) is 1.33. The Bertz CT molecular complexity index is 272. The molecule has 0 saturated carbocycles. The smallest absolute Gasteiger partial charge is 0.0709 e. The molecule has 0 aliphatic carbocycles. The molecule has 2 rings (SSSR count). The van der Waals surface area contributed by atoms with E-state index in [1.54, 1.807) is 0 Å². The first kappa shape index (κ1) is 7.22. The van der Waals surface area contributed by atoms with Crippen LogP contribution in [0.15, 0.2) is 48.4 Å². The Morgan fingerprint density at radius 2 is 2.33 bits per heavy atom. The minimum absolute atomic E-state index is 0.332. The van der Waals surface area contributed by atoms with Gasteiger partial charge in [-0.15, -0.1) is 0 Å². The van der Waals surface area contributed by atoms with E-state index in [1.165, 1.54) is 5.57 Å². The molecule has 62 valence electrons. The maximum atomic E-state index is 3.26. The maximum absolute atomic E-state index is 3.26. The summed E-state index contributed by atoms with van der Waals surface area (Å²) in [5.74, 6) is 0. The van der Waals surface area contributed by atoms with E-state index in [0.717, 1.165) is 6.54 Å². The highest BCUT2D eigenvalue weighted by atomic mass is 14.9. The summed E-state index contributed by atoms with van der Waals surface area (Å²) in [6, 6.07) is 0.332. The summed E-state index contributed by atoms with van der Waals surface area (Å²) in [4.78, 5) is 0. The van der Waals surface area contributed by atoms with Crippen LogP contribution in [0.5, 0.6) is 0 Å². The molecule has 2 aliphatic rings. The zero-order valence-corrected chi connectivity index (χ0v) is 6.83. The predicted molar refractivity (Wildman–Crippen MR) is 50.4 cm³/mol. The van der Waals surface area contributed by atoms with Crippen molar-refractivity contribution in [2.45, 2.75) is 6.04 Å². The van der Waals surface area contributed by atoms with Gasteiger partial charge in [0.2, 0.25) is 0 Å². The van der Waals surface area contributed by atoms with Crippen molar-refractivity contribution in [3.8, 4) is 0 Å². The van der Waals surface area contributed by atoms with Gasteiger partial charge in [-0.2, -0.15) is 0 Å². The number of dihydropyridines is 2. The van der Waals surface area contributed by atoms with E-state index in [4.69, 9.17) is 0 Å². The van der Waals surface area contributed by atoms with Crippen LogP contribution in [0.4, 0.5) is 0 Å². The molecular formula is C10H12N2. The highest BCUT2D eigenvalue weighted by Crippen LogP contribution is 2.09. The Kier molecular flexibility index (Phi) is 1.99. The molecule has 0 aromatic carbocycles. The van der Waals surface area contributed by atoms with Crippen LogP contribution in [0, 0.1) is 0 Å². The van der Waals surface area contributed by atoms with Gasteiger partial charge < -0.3 is 10.6 Å². The largest absolute Gasteiger partial charge is 0.387 e. The summed E-state index contributed by atoms with van der Waals surface area (Å²) < 4.78 is 0. The van der Waals surface area contributed by atoms with Crippen molar-refractivity contribution in [3.05, 3.63) is 48.4 Å². The van der Waals surface area contributed by atoms with Crippen molar-refractivity contribution in [3.63, 3.8) is 0 Å². The lowest BCUT2D eigenvalue weighted by molar-refractivity contribution is 0.780. The molecule has 0 fully saturated rings. The Morgan fingerprint density at radius 3 is 3.00 bits per heavy atom. The lowest BCUT2D eigenvalue weighted by Crippen LogP contribution is -2.27. The second-order valence-electron chi connectivity index (χ2n) is 2.84. The van der Waals surface area contributed by atoms with Crippen LogP contribution >= 0.6 is 0 Å². The monoisotopic (exact) mass is 160 g/mol. The minimum atomic E-state index is 0.332. The van der Waals surface area contributed by atoms with Crippen molar-refractivity contribution < 1.29 is 0 Å². The van der Waals surface area contributed by atoms with Gasteiger partial charge in [-0.3, -0.25) is 0 Å². The second kappa shape index (κ2) is 3.30. The molecule has 2 heteroatoms. The fraction of sp³-hybridized carbons (Fsp3) is 0.200. The van der Waals surface area contributed by atoms with Gasteiger partial charge in [0.15, 0.2) is 0 Å². The van der Waals surface area contributed by atoms with Crippen molar-refractivity contribution in [2.24, 2.45) is 0 Å². The van der Waals surface area contributed by atoms with Gasteiger partial charge in [-0.1, -0.05) is 24.3 Å². The Morgan fingerprint density at radius 1 is 1.33 bits per heavy atom. The van der Waals surface area contributed by atoms with Gasteiger partial charge in [-0.25, -0.2) is 0 Å². The fourth-order valence-electron chi connectivity index (χ4n) is 1.33. The van der Waals surface area contributed by atoms with E-state index in [-0.39, 0.29) is 0 Å². The molecule has 2 aliphatic heterocycles. The van der Waals surface area contributed by atoms with Crippen molar-refractivity contribution in [1.82, 2.24) is 10.6 Å². The molecule has 1 atom stereocenters. The molecule has 2 heterocycles. The Labute approximate surface area is 72.4 Å². The molecule has 0 aromatic rings. The highest BCUT2D eigenvalue weighted by molar-refractivity contribution is 5.34. The zero-order valence-electron chi connectivity index (χ0n) is 6.83. The number of hydrogen-bond donors (Lipinski definition) is 2. The molecule has 0 aromatic heterocycles. The van der Waals surface area contributed by atoms with E-state index in [9.17, 15) is 0 Å². The quantitative estimate of drug-likeness (QED) is 0.599. The molecule has 2 nitrogen and oxygen atoms in total. The van der Waals surface area contributed by atoms with Crippen LogP contribution in [0.3, 0.4) is 0 Å². The molecule has 0 radical (unpaired) electrons. The standard InChI is InChI=1S/C10H12N2/c1-2-7-12-10(5-1)9-4-3-6-11-8-9/h1-5,7-8,10-12H,6H2. The normalized spacial score (nSPS) is 26.0. The Hall–Kier alpha value is -1.44. The van der Waals surface area contributed by atoms with Gasteiger partial charge in [0.1, 0.15) is 0 Å². The van der Waals surface area contributed by atoms with Crippen LogP contribution in [0.2, 0.25) is 0 Å². The second-order valence-corrected chi connectivity index (χ2v) is 2.84. The SMILES string of the molecule is C1=CNC(C2=CNCC=C2)C=C1. The van der Waals surface area contributed by atoms with Gasteiger partial charge in [0.25, 0.3) is 0 Å². The van der Waals surface area contributed by atoms with Gasteiger partial charge in [0, 0.05) is 12.7 Å². The van der Waals surface area contributed by atoms with Crippen LogP contribution < -0.4 is 10.6 Å². The summed E-state index contributed by atoms with van der Waals surface area (Å²) in [7, 11) is 0. The highest BCUT2D eigenvalue weighted by Gasteiger charge is 2.08. The summed E-state index contributed by atoms with van der Waals surface area (Å²) in [6.45, 7) is 0.940. The average molecular weight is 160 g/mol. The lowest BCUT2D eigenvalue weighted by Gasteiger charge is -2.19. The number of rotatable bonds is 1. The van der Waals surface area contributed by atoms with Crippen LogP contribution in [-0.4, -0.2) is 12.6 Å². The molecule has 0 bridgehead atoms. The third kappa shape index (κ3) is 1.42. The van der Waals surface area contributed by atoms with E-state index in [0.29, 0.717) is 6.04 Å². The van der Waals surface area contributed by atoms with Crippen LogP contribution in [-0.2, 0) is 0 Å². The van der Waals surface area contributed by atoms with Crippen molar-refractivity contribution in [2.75, 3.05) is 6.54 Å². The summed E-state index contributed by atoms with van der Waals surface area (Å²) >= 11 is 0. The third-order valence-corrected chi connectivity index (χ3v) is 1.96. The summed E-state index contributed by atoms with van der Waals surface area (Å²) in [5, 5.41) is 6.45. The average Bonchev–Trinajstić information content (AvgIpc) is 2.21. The first-order valence-electron chi connectivity index (χ1n) is 4.16. The molecule has 12 heavy (non-hydrogen) atoms. The molecule has 0 amide bonds. The van der Waals surface area contributed by atoms with E-state index < -0.39 is 0 Å². The third-order valence-electron chi connectivity index (χ3n) is 1.96. The first-order chi connectivity index (χ1) is 5.97. The van der Waals surface area contributed by atoms with Crippen LogP contribution in [0.25, 0.3) is 0 Å². The van der Waals surface area contributed by atoms with E-state index in [2.05, 4.69) is 41.1 Å². The molecular weight excluding hydrogens is 148 g/mol. The molecule has 2 N–H and O–H groups in total. The summed E-state index contributed by atoms with van der Waals surface area (Å²) in [6.07, 6.45) is 14.5. The zero-order chi connectivity index (χ0) is 8.23. The summed E-state index contributed by atoms with van der Waals surface area (Å²) in [5.41, 5.74) is 1.28. The predicted octanol–water partition coefficient (Wildman–Crippen LogP) is 1.07. The minimum Gasteiger partial charge on any atom is -0.387 e. The van der Waals surface area contributed by atoms with E-state index in [1.807, 2.05) is 12.3 Å². The molecule has 0 saturated heterocycles. The first-order valence-corrected chi connectivity index (χ1v) is 4.16. The van der Waals surface area contributed by atoms with Crippen LogP contribution in [0.1, 0.15) is 0 Å². The van der Waals surface area contributed by atoms with Crippen molar-refractivity contribution >= 4 is 0 Å². The molecule has 0 spiro atoms. The van der Waals surface area contributed by atoms with Gasteiger partial charge in [-0.05, 0) is 17.8 Å². The number of allylic oxidation sites excluding steroid dienone is 2. The van der Waals surface area contributed by atoms with Crippen molar-refractivity contribution in [1.29, 1.82) is 0 Å². The van der Waals surface area contributed by atoms with Gasteiger partial charge >= 0.3 is 0 Å². The maximum Gasteiger partial charge on any atom is 0.0709 e.